The number of halogens is 1. The summed E-state index contributed by atoms with van der Waals surface area (Å²) >= 11 is 5.96. The fourth-order valence-electron chi connectivity index (χ4n) is 1.96. The van der Waals surface area contributed by atoms with Crippen LogP contribution in [0.15, 0.2) is 48.5 Å². The van der Waals surface area contributed by atoms with Crippen LogP contribution in [0.2, 0.25) is 5.02 Å². The topological polar surface area (TPSA) is 63.5 Å². The Morgan fingerprint density at radius 2 is 1.86 bits per heavy atom. The van der Waals surface area contributed by atoms with E-state index >= 15 is 0 Å². The second-order valence-electron chi connectivity index (χ2n) is 4.54. The van der Waals surface area contributed by atoms with Crippen molar-refractivity contribution in [3.8, 4) is 0 Å². The van der Waals surface area contributed by atoms with Gasteiger partial charge in [-0.3, -0.25) is 14.9 Å². The van der Waals surface area contributed by atoms with Gasteiger partial charge in [-0.1, -0.05) is 48.0 Å². The number of carbonyl (C=O) groups excluding carboxylic acids is 1. The van der Waals surface area contributed by atoms with Crippen molar-refractivity contribution in [3.05, 3.63) is 74.8 Å². The van der Waals surface area contributed by atoms with Gasteiger partial charge in [0.1, 0.15) is 5.02 Å². The van der Waals surface area contributed by atoms with E-state index in [0.717, 1.165) is 5.56 Å². The quantitative estimate of drug-likeness (QED) is 0.641. The van der Waals surface area contributed by atoms with Gasteiger partial charge in [0.25, 0.3) is 11.6 Å². The molecule has 0 heterocycles. The normalized spacial score (nSPS) is 10.2. The molecule has 0 saturated carbocycles. The van der Waals surface area contributed by atoms with Crippen molar-refractivity contribution in [1.82, 2.24) is 4.90 Å². The highest BCUT2D eigenvalue weighted by molar-refractivity contribution is 6.35. The van der Waals surface area contributed by atoms with Crippen molar-refractivity contribution in [2.24, 2.45) is 0 Å². The zero-order valence-corrected chi connectivity index (χ0v) is 12.1. The molecule has 5 nitrogen and oxygen atoms in total. The summed E-state index contributed by atoms with van der Waals surface area (Å²) in [5.74, 6) is -0.354. The van der Waals surface area contributed by atoms with Crippen LogP contribution in [0.5, 0.6) is 0 Å². The van der Waals surface area contributed by atoms with E-state index in [1.807, 2.05) is 30.3 Å². The van der Waals surface area contributed by atoms with E-state index in [1.54, 1.807) is 7.05 Å². The second-order valence-corrected chi connectivity index (χ2v) is 4.92. The molecule has 0 unspecified atom stereocenters. The lowest BCUT2D eigenvalue weighted by Crippen LogP contribution is -2.26. The SMILES string of the molecule is CN(Cc1ccccc1)C(=O)c1cccc([N+](=O)[O-])c1Cl. The lowest BCUT2D eigenvalue weighted by Gasteiger charge is -2.18. The van der Waals surface area contributed by atoms with Crippen LogP contribution in [0.1, 0.15) is 15.9 Å². The van der Waals surface area contributed by atoms with E-state index in [4.69, 9.17) is 11.6 Å². The van der Waals surface area contributed by atoms with E-state index in [9.17, 15) is 14.9 Å². The van der Waals surface area contributed by atoms with Gasteiger partial charge in [0, 0.05) is 19.7 Å². The van der Waals surface area contributed by atoms with Gasteiger partial charge in [-0.25, -0.2) is 0 Å². The number of amides is 1. The monoisotopic (exact) mass is 304 g/mol. The summed E-state index contributed by atoms with van der Waals surface area (Å²) in [4.78, 5) is 24.1. The largest absolute Gasteiger partial charge is 0.337 e. The van der Waals surface area contributed by atoms with Crippen molar-refractivity contribution in [2.45, 2.75) is 6.54 Å². The second kappa shape index (κ2) is 6.37. The summed E-state index contributed by atoms with van der Waals surface area (Å²) in [5.41, 5.74) is 0.829. The van der Waals surface area contributed by atoms with Gasteiger partial charge in [0.15, 0.2) is 0 Å². The molecular weight excluding hydrogens is 292 g/mol. The molecule has 1 amide bonds. The standard InChI is InChI=1S/C15H13ClN2O3/c1-17(10-11-6-3-2-4-7-11)15(19)12-8-5-9-13(14(12)16)18(20)21/h2-9H,10H2,1H3. The van der Waals surface area contributed by atoms with Crippen molar-refractivity contribution in [1.29, 1.82) is 0 Å². The number of carbonyl (C=O) groups is 1. The number of hydrogen-bond donors (Lipinski definition) is 0. The maximum atomic E-state index is 12.4. The van der Waals surface area contributed by atoms with Crippen LogP contribution >= 0.6 is 11.6 Å². The van der Waals surface area contributed by atoms with Gasteiger partial charge in [-0.2, -0.15) is 0 Å². The average Bonchev–Trinajstić information content (AvgIpc) is 2.47. The van der Waals surface area contributed by atoms with E-state index in [-0.39, 0.29) is 22.2 Å². The molecule has 0 saturated heterocycles. The molecule has 0 radical (unpaired) electrons. The molecule has 0 aliphatic heterocycles. The molecule has 2 aromatic carbocycles. The Morgan fingerprint density at radius 1 is 1.19 bits per heavy atom. The molecule has 0 atom stereocenters. The minimum atomic E-state index is -0.601. The molecule has 0 aliphatic carbocycles. The summed E-state index contributed by atoms with van der Waals surface area (Å²) in [6.45, 7) is 0.401. The molecule has 0 bridgehead atoms. The van der Waals surface area contributed by atoms with E-state index in [1.165, 1.54) is 23.1 Å². The molecule has 21 heavy (non-hydrogen) atoms. The Labute approximate surface area is 126 Å². The molecule has 0 fully saturated rings. The third kappa shape index (κ3) is 3.38. The minimum Gasteiger partial charge on any atom is -0.337 e. The van der Waals surface area contributed by atoms with Gasteiger partial charge in [0.2, 0.25) is 0 Å². The smallest absolute Gasteiger partial charge is 0.288 e. The van der Waals surface area contributed by atoms with Crippen LogP contribution in [0.4, 0.5) is 5.69 Å². The number of benzene rings is 2. The van der Waals surface area contributed by atoms with Crippen molar-refractivity contribution >= 4 is 23.2 Å². The highest BCUT2D eigenvalue weighted by Crippen LogP contribution is 2.28. The molecule has 0 aromatic heterocycles. The molecule has 6 heteroatoms. The number of nitrogens with zero attached hydrogens (tertiary/aromatic N) is 2. The summed E-state index contributed by atoms with van der Waals surface area (Å²) in [6.07, 6.45) is 0. The Kier molecular flexibility index (Phi) is 4.55. The number of nitro groups is 1. The summed E-state index contributed by atoms with van der Waals surface area (Å²) in [6, 6.07) is 13.7. The van der Waals surface area contributed by atoms with Crippen LogP contribution in [-0.2, 0) is 6.54 Å². The van der Waals surface area contributed by atoms with Crippen LogP contribution in [0.3, 0.4) is 0 Å². The molecule has 2 aromatic rings. The summed E-state index contributed by atoms with van der Waals surface area (Å²) < 4.78 is 0. The molecule has 0 spiro atoms. The summed E-state index contributed by atoms with van der Waals surface area (Å²) in [5, 5.41) is 10.7. The van der Waals surface area contributed by atoms with Crippen molar-refractivity contribution in [3.63, 3.8) is 0 Å². The van der Waals surface area contributed by atoms with Crippen LogP contribution < -0.4 is 0 Å². The lowest BCUT2D eigenvalue weighted by molar-refractivity contribution is -0.384. The number of rotatable bonds is 4. The third-order valence-electron chi connectivity index (χ3n) is 3.01. The zero-order chi connectivity index (χ0) is 15.4. The predicted molar refractivity (Wildman–Crippen MR) is 80.3 cm³/mol. The van der Waals surface area contributed by atoms with Crippen molar-refractivity contribution in [2.75, 3.05) is 7.05 Å². The van der Waals surface area contributed by atoms with Gasteiger partial charge in [-0.05, 0) is 11.6 Å². The van der Waals surface area contributed by atoms with E-state index < -0.39 is 4.92 Å². The van der Waals surface area contributed by atoms with Crippen LogP contribution in [-0.4, -0.2) is 22.8 Å². The first kappa shape index (κ1) is 15.0. The predicted octanol–water partition coefficient (Wildman–Crippen LogP) is 3.52. The number of hydrogen-bond acceptors (Lipinski definition) is 3. The number of nitro benzene ring substituents is 1. The van der Waals surface area contributed by atoms with E-state index in [2.05, 4.69) is 0 Å². The maximum Gasteiger partial charge on any atom is 0.288 e. The molecule has 0 N–H and O–H groups in total. The molecule has 108 valence electrons. The van der Waals surface area contributed by atoms with Crippen LogP contribution in [0.25, 0.3) is 0 Å². The first-order chi connectivity index (χ1) is 10.0. The highest BCUT2D eigenvalue weighted by atomic mass is 35.5. The highest BCUT2D eigenvalue weighted by Gasteiger charge is 2.22. The zero-order valence-electron chi connectivity index (χ0n) is 11.3. The van der Waals surface area contributed by atoms with Gasteiger partial charge >= 0.3 is 0 Å². The molecule has 0 aliphatic rings. The fraction of sp³-hybridized carbons (Fsp3) is 0.133. The van der Waals surface area contributed by atoms with Gasteiger partial charge in [-0.15, -0.1) is 0 Å². The Bertz CT molecular complexity index is 674. The summed E-state index contributed by atoms with van der Waals surface area (Å²) in [7, 11) is 1.63. The first-order valence-corrected chi connectivity index (χ1v) is 6.61. The van der Waals surface area contributed by atoms with Gasteiger partial charge < -0.3 is 4.90 Å². The first-order valence-electron chi connectivity index (χ1n) is 6.23. The average molecular weight is 305 g/mol. The minimum absolute atomic E-state index is 0.129. The van der Waals surface area contributed by atoms with Gasteiger partial charge in [0.05, 0.1) is 10.5 Å². The Hall–Kier alpha value is -2.40. The fourth-order valence-corrected chi connectivity index (χ4v) is 2.24. The van der Waals surface area contributed by atoms with E-state index in [0.29, 0.717) is 6.54 Å². The Balaban J connectivity index is 2.24. The lowest BCUT2D eigenvalue weighted by atomic mass is 10.1. The maximum absolute atomic E-state index is 12.4. The third-order valence-corrected chi connectivity index (χ3v) is 3.41. The van der Waals surface area contributed by atoms with Crippen molar-refractivity contribution < 1.29 is 9.72 Å². The molecule has 2 rings (SSSR count). The molecular formula is C15H13ClN2O3. The Morgan fingerprint density at radius 3 is 2.48 bits per heavy atom. The van der Waals surface area contributed by atoms with Crippen LogP contribution in [0, 0.1) is 10.1 Å².